The summed E-state index contributed by atoms with van der Waals surface area (Å²) in [6, 6.07) is 10.1. The van der Waals surface area contributed by atoms with E-state index in [1.54, 1.807) is 23.1 Å². The molecule has 0 saturated carbocycles. The number of amides is 1. The first kappa shape index (κ1) is 19.0. The number of nitrogens with zero attached hydrogens (tertiary/aromatic N) is 6. The van der Waals surface area contributed by atoms with Gasteiger partial charge in [0.25, 0.3) is 0 Å². The molecule has 0 unspecified atom stereocenters. The van der Waals surface area contributed by atoms with Gasteiger partial charge in [0.1, 0.15) is 18.5 Å². The lowest BCUT2D eigenvalue weighted by molar-refractivity contribution is -0.125. The van der Waals surface area contributed by atoms with E-state index in [0.717, 1.165) is 30.8 Å². The number of aromatic nitrogens is 5. The predicted molar refractivity (Wildman–Crippen MR) is 105 cm³/mol. The Morgan fingerprint density at radius 2 is 1.93 bits per heavy atom. The number of hydrogen-bond donors (Lipinski definition) is 1. The van der Waals surface area contributed by atoms with E-state index >= 15 is 0 Å². The van der Waals surface area contributed by atoms with Gasteiger partial charge in [0.05, 0.1) is 5.92 Å². The smallest absolute Gasteiger partial charge is 0.224 e. The van der Waals surface area contributed by atoms with Gasteiger partial charge >= 0.3 is 0 Å². The van der Waals surface area contributed by atoms with Crippen LogP contribution >= 0.6 is 0 Å². The van der Waals surface area contributed by atoms with Crippen LogP contribution in [0.25, 0.3) is 5.82 Å². The summed E-state index contributed by atoms with van der Waals surface area (Å²) in [5, 5.41) is 15.5. The Kier molecular flexibility index (Phi) is 5.73. The maximum Gasteiger partial charge on any atom is 0.224 e. The Morgan fingerprint density at radius 3 is 2.66 bits per heavy atom. The third-order valence-corrected chi connectivity index (χ3v) is 5.03. The lowest BCUT2D eigenvalue weighted by Crippen LogP contribution is -2.43. The second-order valence-electron chi connectivity index (χ2n) is 7.04. The molecule has 1 atom stereocenters. The fraction of sp³-hybridized carbons (Fsp3) is 0.350. The van der Waals surface area contributed by atoms with Gasteiger partial charge in [0.15, 0.2) is 11.6 Å². The fourth-order valence-corrected chi connectivity index (χ4v) is 3.46. The number of rotatable bonds is 6. The van der Waals surface area contributed by atoms with Crippen molar-refractivity contribution in [1.29, 1.82) is 0 Å². The van der Waals surface area contributed by atoms with Gasteiger partial charge < -0.3 is 10.2 Å². The first-order chi connectivity index (χ1) is 14.2. The van der Waals surface area contributed by atoms with Crippen LogP contribution in [0.2, 0.25) is 0 Å². The molecule has 9 heteroatoms. The van der Waals surface area contributed by atoms with Gasteiger partial charge in [-0.1, -0.05) is 12.1 Å². The number of carbonyl (C=O) groups excluding carboxylic acids is 1. The van der Waals surface area contributed by atoms with E-state index in [9.17, 15) is 9.18 Å². The molecule has 1 fully saturated rings. The normalized spacial score (nSPS) is 16.6. The third-order valence-electron chi connectivity index (χ3n) is 5.03. The molecule has 0 aliphatic carbocycles. The van der Waals surface area contributed by atoms with Crippen LogP contribution in [0.15, 0.2) is 49.1 Å². The van der Waals surface area contributed by atoms with Crippen molar-refractivity contribution in [2.24, 2.45) is 5.92 Å². The number of anilines is 1. The van der Waals surface area contributed by atoms with Crippen LogP contribution in [-0.2, 0) is 11.2 Å². The number of nitrogens with one attached hydrogen (secondary N) is 1. The average molecular weight is 395 g/mol. The molecule has 8 nitrogen and oxygen atoms in total. The molecule has 1 aliphatic rings. The maximum absolute atomic E-state index is 13.0. The average Bonchev–Trinajstić information content (AvgIpc) is 3.30. The van der Waals surface area contributed by atoms with Gasteiger partial charge in [-0.05, 0) is 49.1 Å². The van der Waals surface area contributed by atoms with Crippen molar-refractivity contribution in [2.45, 2.75) is 19.3 Å². The zero-order chi connectivity index (χ0) is 20.1. The monoisotopic (exact) mass is 395 g/mol. The highest BCUT2D eigenvalue weighted by Crippen LogP contribution is 2.21. The second-order valence-corrected chi connectivity index (χ2v) is 7.04. The summed E-state index contributed by atoms with van der Waals surface area (Å²) in [6.07, 6.45) is 5.46. The highest BCUT2D eigenvalue weighted by molar-refractivity contribution is 5.79. The molecule has 1 amide bonds. The van der Waals surface area contributed by atoms with Crippen LogP contribution in [0, 0.1) is 11.7 Å². The Morgan fingerprint density at radius 1 is 1.14 bits per heavy atom. The van der Waals surface area contributed by atoms with E-state index in [0.29, 0.717) is 25.3 Å². The molecule has 4 rings (SSSR count). The lowest BCUT2D eigenvalue weighted by atomic mass is 9.97. The van der Waals surface area contributed by atoms with Crippen LogP contribution in [0.1, 0.15) is 18.4 Å². The molecule has 1 aromatic carbocycles. The zero-order valence-corrected chi connectivity index (χ0v) is 15.9. The van der Waals surface area contributed by atoms with Crippen molar-refractivity contribution < 1.29 is 9.18 Å². The molecule has 0 bridgehead atoms. The molecule has 3 heterocycles. The highest BCUT2D eigenvalue weighted by Gasteiger charge is 2.26. The van der Waals surface area contributed by atoms with Crippen molar-refractivity contribution in [3.63, 3.8) is 0 Å². The van der Waals surface area contributed by atoms with Crippen molar-refractivity contribution in [2.75, 3.05) is 24.5 Å². The Balaban J connectivity index is 1.30. The van der Waals surface area contributed by atoms with E-state index in [2.05, 4.69) is 30.5 Å². The maximum atomic E-state index is 13.0. The molecule has 29 heavy (non-hydrogen) atoms. The molecule has 3 aromatic rings. The van der Waals surface area contributed by atoms with Gasteiger partial charge in [-0.25, -0.2) is 14.1 Å². The Labute approximate surface area is 167 Å². The topological polar surface area (TPSA) is 88.8 Å². The Bertz CT molecular complexity index is 928. The van der Waals surface area contributed by atoms with Crippen LogP contribution in [0.4, 0.5) is 10.2 Å². The summed E-state index contributed by atoms with van der Waals surface area (Å²) in [5.41, 5.74) is 1.000. The van der Waals surface area contributed by atoms with Gasteiger partial charge in [-0.3, -0.25) is 4.79 Å². The molecule has 0 spiro atoms. The third kappa shape index (κ3) is 4.74. The summed E-state index contributed by atoms with van der Waals surface area (Å²) in [4.78, 5) is 18.6. The molecule has 1 aliphatic heterocycles. The van der Waals surface area contributed by atoms with Crippen LogP contribution in [-0.4, -0.2) is 50.5 Å². The van der Waals surface area contributed by atoms with Gasteiger partial charge in [-0.2, -0.15) is 5.10 Å². The van der Waals surface area contributed by atoms with E-state index < -0.39 is 0 Å². The van der Waals surface area contributed by atoms with E-state index in [-0.39, 0.29) is 17.6 Å². The van der Waals surface area contributed by atoms with Crippen LogP contribution in [0.3, 0.4) is 0 Å². The standard InChI is InChI=1S/C20H22FN7O/c21-17-5-3-15(4-6-17)9-10-23-20(29)16-2-1-11-27(12-16)18-7-8-19(26-25-18)28-14-22-13-24-28/h3-8,13-14,16H,1-2,9-12H2,(H,23,29)/t16-/m0/s1. The first-order valence-corrected chi connectivity index (χ1v) is 9.65. The minimum absolute atomic E-state index is 0.0454. The number of benzene rings is 1. The summed E-state index contributed by atoms with van der Waals surface area (Å²) in [7, 11) is 0. The molecule has 2 aromatic heterocycles. The van der Waals surface area contributed by atoms with Crippen molar-refractivity contribution in [1.82, 2.24) is 30.3 Å². The molecular formula is C20H22FN7O. The fourth-order valence-electron chi connectivity index (χ4n) is 3.46. The molecular weight excluding hydrogens is 373 g/mol. The predicted octanol–water partition coefficient (Wildman–Crippen LogP) is 1.77. The van der Waals surface area contributed by atoms with E-state index in [4.69, 9.17) is 0 Å². The lowest BCUT2D eigenvalue weighted by Gasteiger charge is -2.32. The summed E-state index contributed by atoms with van der Waals surface area (Å²) in [5.74, 6) is 1.05. The zero-order valence-electron chi connectivity index (χ0n) is 15.9. The van der Waals surface area contributed by atoms with Crippen molar-refractivity contribution >= 4 is 11.7 Å². The highest BCUT2D eigenvalue weighted by atomic mass is 19.1. The van der Waals surface area contributed by atoms with Crippen LogP contribution in [0.5, 0.6) is 0 Å². The van der Waals surface area contributed by atoms with Gasteiger partial charge in [-0.15, -0.1) is 10.2 Å². The second kappa shape index (κ2) is 8.76. The van der Waals surface area contributed by atoms with E-state index in [1.807, 2.05) is 12.1 Å². The minimum atomic E-state index is -0.252. The molecule has 1 saturated heterocycles. The molecule has 1 N–H and O–H groups in total. The summed E-state index contributed by atoms with van der Waals surface area (Å²) >= 11 is 0. The minimum Gasteiger partial charge on any atom is -0.355 e. The molecule has 0 radical (unpaired) electrons. The molecule has 150 valence electrons. The quantitative estimate of drug-likeness (QED) is 0.684. The van der Waals surface area contributed by atoms with Gasteiger partial charge in [0, 0.05) is 19.6 Å². The Hall–Kier alpha value is -3.36. The van der Waals surface area contributed by atoms with Crippen molar-refractivity contribution in [3.05, 3.63) is 60.4 Å². The summed E-state index contributed by atoms with van der Waals surface area (Å²) in [6.45, 7) is 1.99. The number of carbonyl (C=O) groups is 1. The largest absolute Gasteiger partial charge is 0.355 e. The number of halogens is 1. The van der Waals surface area contributed by atoms with Gasteiger partial charge in [0.2, 0.25) is 5.91 Å². The first-order valence-electron chi connectivity index (χ1n) is 9.65. The SMILES string of the molecule is O=C(NCCc1ccc(F)cc1)[C@H]1CCCN(c2ccc(-n3cncn3)nn2)C1. The van der Waals surface area contributed by atoms with Crippen LogP contribution < -0.4 is 10.2 Å². The number of hydrogen-bond acceptors (Lipinski definition) is 6. The van der Waals surface area contributed by atoms with E-state index in [1.165, 1.54) is 18.5 Å². The summed E-state index contributed by atoms with van der Waals surface area (Å²) < 4.78 is 14.5. The number of piperidine rings is 1. The van der Waals surface area contributed by atoms with Crippen molar-refractivity contribution in [3.8, 4) is 5.82 Å².